The van der Waals surface area contributed by atoms with Crippen LogP contribution < -0.4 is 10.6 Å². The van der Waals surface area contributed by atoms with Crippen molar-refractivity contribution in [1.82, 2.24) is 35.1 Å². The van der Waals surface area contributed by atoms with Crippen LogP contribution in [-0.4, -0.2) is 62.5 Å². The second kappa shape index (κ2) is 9.48. The van der Waals surface area contributed by atoms with Gasteiger partial charge in [-0.15, -0.1) is 0 Å². The predicted molar refractivity (Wildman–Crippen MR) is 134 cm³/mol. The van der Waals surface area contributed by atoms with Crippen LogP contribution in [0.4, 0.5) is 5.82 Å². The van der Waals surface area contributed by atoms with Crippen molar-refractivity contribution in [3.63, 3.8) is 0 Å². The number of benzene rings is 1. The van der Waals surface area contributed by atoms with Gasteiger partial charge in [0.2, 0.25) is 0 Å². The van der Waals surface area contributed by atoms with Crippen LogP contribution in [0.3, 0.4) is 0 Å². The third-order valence-electron chi connectivity index (χ3n) is 6.61. The molecule has 3 N–H and O–H groups in total. The van der Waals surface area contributed by atoms with E-state index in [1.54, 1.807) is 6.33 Å². The maximum atomic E-state index is 4.80. The Hall–Kier alpha value is -3.36. The highest BCUT2D eigenvalue weighted by Gasteiger charge is 2.20. The van der Waals surface area contributed by atoms with Crippen LogP contribution in [0.1, 0.15) is 29.9 Å². The lowest BCUT2D eigenvalue weighted by atomic mass is 10.1. The number of rotatable bonds is 8. The van der Waals surface area contributed by atoms with Crippen LogP contribution in [0.5, 0.6) is 0 Å². The molecule has 2 fully saturated rings. The molecule has 3 aromatic heterocycles. The number of H-pyrrole nitrogens is 1. The summed E-state index contributed by atoms with van der Waals surface area (Å²) in [5, 5.41) is 6.84. The summed E-state index contributed by atoms with van der Waals surface area (Å²) in [5.41, 5.74) is 6.27. The number of nitrogens with one attached hydrogen (secondary N) is 3. The topological polar surface area (TPSA) is 94.6 Å². The molecule has 1 saturated carbocycles. The zero-order valence-electron chi connectivity index (χ0n) is 19.3. The molecule has 174 valence electrons. The number of aromatic amines is 1. The van der Waals surface area contributed by atoms with Gasteiger partial charge in [0.1, 0.15) is 18.0 Å². The summed E-state index contributed by atoms with van der Waals surface area (Å²) < 4.78 is 0. The van der Waals surface area contributed by atoms with Crippen molar-refractivity contribution in [3.8, 4) is 11.3 Å². The Bertz CT molecular complexity index is 1270. The Labute approximate surface area is 199 Å². The maximum absolute atomic E-state index is 4.80. The van der Waals surface area contributed by atoms with E-state index in [1.165, 1.54) is 18.4 Å². The number of pyridine rings is 1. The van der Waals surface area contributed by atoms with E-state index in [-0.39, 0.29) is 0 Å². The van der Waals surface area contributed by atoms with Gasteiger partial charge < -0.3 is 15.6 Å². The lowest BCUT2D eigenvalue weighted by Crippen LogP contribution is -2.42. The van der Waals surface area contributed by atoms with Crippen LogP contribution in [0.15, 0.2) is 48.9 Å². The zero-order valence-corrected chi connectivity index (χ0v) is 19.3. The molecule has 0 atom stereocenters. The molecule has 2 aliphatic rings. The fourth-order valence-electron chi connectivity index (χ4n) is 4.51. The minimum absolute atomic E-state index is 0.683. The fourth-order valence-corrected chi connectivity index (χ4v) is 4.51. The molecule has 6 rings (SSSR count). The number of nitrogens with zero attached hydrogens (tertiary/aromatic N) is 5. The summed E-state index contributed by atoms with van der Waals surface area (Å²) in [4.78, 5) is 24.2. The molecule has 4 heterocycles. The summed E-state index contributed by atoms with van der Waals surface area (Å²) in [6, 6.07) is 12.6. The minimum Gasteiger partial charge on any atom is -0.370 e. The first-order valence-electron chi connectivity index (χ1n) is 12.2. The minimum atomic E-state index is 0.683. The fraction of sp³-hybridized carbons (Fsp3) is 0.385. The van der Waals surface area contributed by atoms with Crippen LogP contribution >= 0.6 is 0 Å². The predicted octanol–water partition coefficient (Wildman–Crippen LogP) is 3.23. The van der Waals surface area contributed by atoms with Crippen molar-refractivity contribution in [3.05, 3.63) is 66.0 Å². The normalized spacial score (nSPS) is 16.7. The maximum Gasteiger partial charge on any atom is 0.129 e. The number of aromatic nitrogens is 5. The van der Waals surface area contributed by atoms with Gasteiger partial charge in [-0.05, 0) is 48.6 Å². The Morgan fingerprint density at radius 2 is 1.91 bits per heavy atom. The standard InChI is InChI=1S/C26H30N8/c1-2-18(1)15-29-25-14-23(30-17-31-25)20-3-4-22-24(12-20)33-26(32-22)13-21-11-19(5-6-28-21)16-34-9-7-27-8-10-34/h3-6,11-12,14,17-18,27H,1-2,7-10,13,15-16H2,(H,32,33)(H,29,30,31). The van der Waals surface area contributed by atoms with Gasteiger partial charge in [-0.2, -0.15) is 0 Å². The van der Waals surface area contributed by atoms with E-state index in [1.807, 2.05) is 12.3 Å². The average Bonchev–Trinajstić information content (AvgIpc) is 3.61. The van der Waals surface area contributed by atoms with Gasteiger partial charge in [-0.3, -0.25) is 9.88 Å². The third kappa shape index (κ3) is 5.08. The van der Waals surface area contributed by atoms with E-state index in [0.717, 1.165) is 84.8 Å². The summed E-state index contributed by atoms with van der Waals surface area (Å²) in [6.07, 6.45) is 6.87. The highest BCUT2D eigenvalue weighted by atomic mass is 15.2. The molecule has 8 nitrogen and oxygen atoms in total. The van der Waals surface area contributed by atoms with Crippen molar-refractivity contribution in [1.29, 1.82) is 0 Å². The summed E-state index contributed by atoms with van der Waals surface area (Å²) in [6.45, 7) is 6.27. The first-order valence-corrected chi connectivity index (χ1v) is 12.2. The number of anilines is 1. The molecule has 0 bridgehead atoms. The number of hydrogen-bond donors (Lipinski definition) is 3. The van der Waals surface area contributed by atoms with Gasteiger partial charge >= 0.3 is 0 Å². The lowest BCUT2D eigenvalue weighted by Gasteiger charge is -2.27. The van der Waals surface area contributed by atoms with Crippen molar-refractivity contribution in [2.75, 3.05) is 38.0 Å². The first kappa shape index (κ1) is 21.2. The first-order chi connectivity index (χ1) is 16.8. The molecule has 1 aliphatic heterocycles. The molecule has 34 heavy (non-hydrogen) atoms. The Kier molecular flexibility index (Phi) is 5.91. The van der Waals surface area contributed by atoms with E-state index in [0.29, 0.717) is 6.42 Å². The monoisotopic (exact) mass is 454 g/mol. The van der Waals surface area contributed by atoms with Crippen molar-refractivity contribution >= 4 is 16.9 Å². The van der Waals surface area contributed by atoms with Gasteiger partial charge in [-0.25, -0.2) is 15.0 Å². The molecule has 1 aliphatic carbocycles. The molecule has 0 unspecified atom stereocenters. The largest absolute Gasteiger partial charge is 0.370 e. The van der Waals surface area contributed by atoms with Gasteiger partial charge in [0.25, 0.3) is 0 Å². The van der Waals surface area contributed by atoms with Gasteiger partial charge in [0.05, 0.1) is 16.7 Å². The quantitative estimate of drug-likeness (QED) is 0.376. The van der Waals surface area contributed by atoms with Crippen molar-refractivity contribution in [2.45, 2.75) is 25.8 Å². The zero-order chi connectivity index (χ0) is 22.7. The van der Waals surface area contributed by atoms with E-state index >= 15 is 0 Å². The van der Waals surface area contributed by atoms with Gasteiger partial charge in [0, 0.05) is 69.2 Å². The van der Waals surface area contributed by atoms with E-state index in [2.05, 4.69) is 65.8 Å². The molecular weight excluding hydrogens is 424 g/mol. The second-order valence-corrected chi connectivity index (χ2v) is 9.39. The molecule has 1 aromatic carbocycles. The molecular formula is C26H30N8. The summed E-state index contributed by atoms with van der Waals surface area (Å²) >= 11 is 0. The van der Waals surface area contributed by atoms with Crippen LogP contribution in [0.2, 0.25) is 0 Å². The Balaban J connectivity index is 1.17. The van der Waals surface area contributed by atoms with Crippen LogP contribution in [0, 0.1) is 5.92 Å². The van der Waals surface area contributed by atoms with E-state index < -0.39 is 0 Å². The SMILES string of the molecule is c1cc(CN2CCNCC2)cc(Cc2nc3ccc(-c4cc(NCC5CC5)ncn4)cc3[nH]2)n1. The lowest BCUT2D eigenvalue weighted by molar-refractivity contribution is 0.233. The number of imidazole rings is 1. The highest BCUT2D eigenvalue weighted by Crippen LogP contribution is 2.29. The van der Waals surface area contributed by atoms with Crippen LogP contribution in [0.25, 0.3) is 22.3 Å². The number of piperazine rings is 1. The molecule has 1 saturated heterocycles. The third-order valence-corrected chi connectivity index (χ3v) is 6.61. The Morgan fingerprint density at radius 1 is 1.00 bits per heavy atom. The van der Waals surface area contributed by atoms with Crippen LogP contribution in [-0.2, 0) is 13.0 Å². The van der Waals surface area contributed by atoms with Crippen molar-refractivity contribution < 1.29 is 0 Å². The van der Waals surface area contributed by atoms with Gasteiger partial charge in [-0.1, -0.05) is 6.07 Å². The second-order valence-electron chi connectivity index (χ2n) is 9.39. The van der Waals surface area contributed by atoms with E-state index in [9.17, 15) is 0 Å². The van der Waals surface area contributed by atoms with E-state index in [4.69, 9.17) is 4.98 Å². The average molecular weight is 455 g/mol. The summed E-state index contributed by atoms with van der Waals surface area (Å²) in [7, 11) is 0. The molecule has 4 aromatic rings. The molecule has 0 amide bonds. The van der Waals surface area contributed by atoms with Gasteiger partial charge in [0.15, 0.2) is 0 Å². The highest BCUT2D eigenvalue weighted by molar-refractivity contribution is 5.81. The molecule has 0 radical (unpaired) electrons. The smallest absolute Gasteiger partial charge is 0.129 e. The summed E-state index contributed by atoms with van der Waals surface area (Å²) in [5.74, 6) is 2.61. The molecule has 0 spiro atoms. The molecule has 8 heteroatoms. The number of hydrogen-bond acceptors (Lipinski definition) is 7. The van der Waals surface area contributed by atoms with Crippen molar-refractivity contribution in [2.24, 2.45) is 5.92 Å². The number of fused-ring (bicyclic) bond motifs is 1. The Morgan fingerprint density at radius 3 is 2.79 bits per heavy atom.